The largest absolute Gasteiger partial charge is 0.377 e. The van der Waals surface area contributed by atoms with Gasteiger partial charge in [0.2, 0.25) is 0 Å². The van der Waals surface area contributed by atoms with Crippen LogP contribution in [0, 0.1) is 6.92 Å². The summed E-state index contributed by atoms with van der Waals surface area (Å²) in [4.78, 5) is 1.25. The van der Waals surface area contributed by atoms with E-state index in [1.54, 1.807) is 11.3 Å². The molecule has 0 spiro atoms. The molecule has 0 fully saturated rings. The minimum absolute atomic E-state index is 0.271. The van der Waals surface area contributed by atoms with Gasteiger partial charge in [0.1, 0.15) is 0 Å². The van der Waals surface area contributed by atoms with E-state index in [2.05, 4.69) is 53.3 Å². The van der Waals surface area contributed by atoms with Gasteiger partial charge < -0.3 is 5.32 Å². The van der Waals surface area contributed by atoms with E-state index in [9.17, 15) is 0 Å². The number of anilines is 1. The summed E-state index contributed by atoms with van der Waals surface area (Å²) in [6.07, 6.45) is 0. The molecule has 0 aliphatic carbocycles. The summed E-state index contributed by atoms with van der Waals surface area (Å²) in [5, 5.41) is 3.50. The van der Waals surface area contributed by atoms with Gasteiger partial charge in [0.05, 0.1) is 10.4 Å². The lowest BCUT2D eigenvalue weighted by Gasteiger charge is -2.15. The van der Waals surface area contributed by atoms with Gasteiger partial charge in [0.15, 0.2) is 0 Å². The molecular formula is C13H13BrClNS. The van der Waals surface area contributed by atoms with Crippen LogP contribution in [0.3, 0.4) is 0 Å². The van der Waals surface area contributed by atoms with E-state index in [1.807, 2.05) is 12.1 Å². The molecule has 0 amide bonds. The van der Waals surface area contributed by atoms with E-state index < -0.39 is 0 Å². The molecule has 2 rings (SSSR count). The summed E-state index contributed by atoms with van der Waals surface area (Å²) in [5.74, 6) is 0. The lowest BCUT2D eigenvalue weighted by atomic mass is 10.2. The molecule has 90 valence electrons. The highest BCUT2D eigenvalue weighted by Crippen LogP contribution is 2.30. The highest BCUT2D eigenvalue weighted by Gasteiger charge is 2.09. The van der Waals surface area contributed by atoms with Gasteiger partial charge in [0, 0.05) is 15.0 Å². The number of nitrogens with one attached hydrogen (secondary N) is 1. The average Bonchev–Trinajstić information content (AvgIpc) is 2.69. The number of halogens is 2. The molecule has 1 atom stereocenters. The van der Waals surface area contributed by atoms with Crippen molar-refractivity contribution in [2.24, 2.45) is 0 Å². The molecule has 0 radical (unpaired) electrons. The summed E-state index contributed by atoms with van der Waals surface area (Å²) in [7, 11) is 0. The van der Waals surface area contributed by atoms with E-state index in [4.69, 9.17) is 11.6 Å². The summed E-state index contributed by atoms with van der Waals surface area (Å²) >= 11 is 11.0. The minimum Gasteiger partial charge on any atom is -0.377 e. The van der Waals surface area contributed by atoms with Crippen molar-refractivity contribution in [1.29, 1.82) is 0 Å². The van der Waals surface area contributed by atoms with Gasteiger partial charge in [-0.3, -0.25) is 0 Å². The van der Waals surface area contributed by atoms with Crippen LogP contribution in [-0.4, -0.2) is 0 Å². The van der Waals surface area contributed by atoms with Gasteiger partial charge in [-0.25, -0.2) is 0 Å². The molecule has 0 bridgehead atoms. The Balaban J connectivity index is 2.15. The monoisotopic (exact) mass is 329 g/mol. The number of rotatable bonds is 3. The third kappa shape index (κ3) is 3.24. The molecule has 1 heterocycles. The number of hydrogen-bond donors (Lipinski definition) is 1. The Morgan fingerprint density at radius 2 is 2.06 bits per heavy atom. The van der Waals surface area contributed by atoms with Gasteiger partial charge in [0.25, 0.3) is 0 Å². The van der Waals surface area contributed by atoms with Crippen molar-refractivity contribution in [3.63, 3.8) is 0 Å². The van der Waals surface area contributed by atoms with Crippen molar-refractivity contribution in [3.05, 3.63) is 49.6 Å². The fourth-order valence-electron chi connectivity index (χ4n) is 1.65. The molecule has 1 unspecified atom stereocenters. The first kappa shape index (κ1) is 12.9. The summed E-state index contributed by atoms with van der Waals surface area (Å²) in [6.45, 7) is 4.24. The third-order valence-electron chi connectivity index (χ3n) is 2.58. The predicted octanol–water partition coefficient (Wildman–Crippen LogP) is 5.65. The smallest absolute Gasteiger partial charge is 0.0932 e. The maximum Gasteiger partial charge on any atom is 0.0932 e. The average molecular weight is 331 g/mol. The Bertz CT molecular complexity index is 524. The molecule has 17 heavy (non-hydrogen) atoms. The fourth-order valence-corrected chi connectivity index (χ4v) is 3.19. The van der Waals surface area contributed by atoms with Crippen molar-refractivity contribution >= 4 is 44.6 Å². The van der Waals surface area contributed by atoms with E-state index in [0.717, 1.165) is 14.5 Å². The molecule has 1 aromatic heterocycles. The normalized spacial score (nSPS) is 12.5. The zero-order valence-corrected chi connectivity index (χ0v) is 12.8. The molecule has 1 nitrogen and oxygen atoms in total. The summed E-state index contributed by atoms with van der Waals surface area (Å²) < 4.78 is 1.94. The highest BCUT2D eigenvalue weighted by molar-refractivity contribution is 9.10. The van der Waals surface area contributed by atoms with Crippen molar-refractivity contribution < 1.29 is 0 Å². The lowest BCUT2D eigenvalue weighted by molar-refractivity contribution is 0.905. The first-order valence-electron chi connectivity index (χ1n) is 5.34. The molecule has 0 aliphatic rings. The highest BCUT2D eigenvalue weighted by atomic mass is 79.9. The topological polar surface area (TPSA) is 12.0 Å². The predicted molar refractivity (Wildman–Crippen MR) is 80.2 cm³/mol. The quantitative estimate of drug-likeness (QED) is 0.767. The van der Waals surface area contributed by atoms with Gasteiger partial charge in [-0.1, -0.05) is 27.5 Å². The lowest BCUT2D eigenvalue weighted by Crippen LogP contribution is -2.05. The third-order valence-corrected chi connectivity index (χ3v) is 4.49. The van der Waals surface area contributed by atoms with E-state index in [1.165, 1.54) is 10.4 Å². The maximum atomic E-state index is 5.94. The Morgan fingerprint density at radius 3 is 2.65 bits per heavy atom. The van der Waals surface area contributed by atoms with Crippen molar-refractivity contribution in [3.8, 4) is 0 Å². The van der Waals surface area contributed by atoms with Gasteiger partial charge in [-0.05, 0) is 49.7 Å². The van der Waals surface area contributed by atoms with E-state index in [0.29, 0.717) is 0 Å². The Kier molecular flexibility index (Phi) is 4.13. The fraction of sp³-hybridized carbons (Fsp3) is 0.231. The van der Waals surface area contributed by atoms with Crippen LogP contribution in [0.1, 0.15) is 23.4 Å². The van der Waals surface area contributed by atoms with Crippen molar-refractivity contribution in [2.75, 3.05) is 5.32 Å². The van der Waals surface area contributed by atoms with Crippen molar-refractivity contribution in [2.45, 2.75) is 19.9 Å². The molecule has 0 saturated carbocycles. The number of thiophene rings is 1. The van der Waals surface area contributed by atoms with Crippen LogP contribution in [0.25, 0.3) is 0 Å². The standard InChI is InChI=1S/C13H13BrClNS/c1-8-7-10(14)3-4-11(8)16-9(2)12-5-6-13(15)17-12/h3-7,9,16H,1-2H3. The van der Waals surface area contributed by atoms with Crippen LogP contribution >= 0.6 is 38.9 Å². The molecule has 2 aromatic rings. The van der Waals surface area contributed by atoms with Crippen LogP contribution < -0.4 is 5.32 Å². The molecular weight excluding hydrogens is 318 g/mol. The van der Waals surface area contributed by atoms with Crippen LogP contribution in [-0.2, 0) is 0 Å². The second-order valence-corrected chi connectivity index (χ2v) is 6.63. The second kappa shape index (κ2) is 5.42. The summed E-state index contributed by atoms with van der Waals surface area (Å²) in [5.41, 5.74) is 2.39. The molecule has 0 aliphatic heterocycles. The second-order valence-electron chi connectivity index (χ2n) is 3.97. The van der Waals surface area contributed by atoms with Crippen LogP contribution in [0.2, 0.25) is 4.34 Å². The van der Waals surface area contributed by atoms with Crippen LogP contribution in [0.5, 0.6) is 0 Å². The molecule has 1 N–H and O–H groups in total. The zero-order valence-electron chi connectivity index (χ0n) is 9.63. The van der Waals surface area contributed by atoms with Gasteiger partial charge in [-0.2, -0.15) is 0 Å². The van der Waals surface area contributed by atoms with Crippen LogP contribution in [0.15, 0.2) is 34.8 Å². The first-order valence-corrected chi connectivity index (χ1v) is 7.33. The summed E-state index contributed by atoms with van der Waals surface area (Å²) in [6, 6.07) is 10.5. The van der Waals surface area contributed by atoms with E-state index in [-0.39, 0.29) is 6.04 Å². The zero-order chi connectivity index (χ0) is 12.4. The molecule has 0 saturated heterocycles. The SMILES string of the molecule is Cc1cc(Br)ccc1NC(C)c1ccc(Cl)s1. The maximum absolute atomic E-state index is 5.94. The Labute approximate surface area is 119 Å². The Hall–Kier alpha value is -0.510. The van der Waals surface area contributed by atoms with Gasteiger partial charge in [-0.15, -0.1) is 11.3 Å². The van der Waals surface area contributed by atoms with Gasteiger partial charge >= 0.3 is 0 Å². The molecule has 1 aromatic carbocycles. The number of aryl methyl sites for hydroxylation is 1. The van der Waals surface area contributed by atoms with Crippen molar-refractivity contribution in [1.82, 2.24) is 0 Å². The minimum atomic E-state index is 0.271. The van der Waals surface area contributed by atoms with E-state index >= 15 is 0 Å². The number of hydrogen-bond acceptors (Lipinski definition) is 2. The Morgan fingerprint density at radius 1 is 1.29 bits per heavy atom. The molecule has 4 heteroatoms. The van der Waals surface area contributed by atoms with Crippen LogP contribution in [0.4, 0.5) is 5.69 Å². The number of benzene rings is 1. The first-order chi connectivity index (χ1) is 8.06.